The number of urea groups is 1. The Kier molecular flexibility index (Phi) is 5.23. The number of aromatic nitrogens is 1. The Balaban J connectivity index is 1.52. The van der Waals surface area contributed by atoms with Gasteiger partial charge in [-0.3, -0.25) is 0 Å². The van der Waals surface area contributed by atoms with Gasteiger partial charge in [0.25, 0.3) is 0 Å². The van der Waals surface area contributed by atoms with Crippen molar-refractivity contribution in [1.82, 2.24) is 9.88 Å². The molecule has 0 saturated carbocycles. The number of piperazine rings is 1. The molecule has 1 N–H and O–H groups in total. The van der Waals surface area contributed by atoms with E-state index in [1.54, 1.807) is 32.5 Å². The number of carbonyl (C=O) groups excluding carboxylic acids is 1. The van der Waals surface area contributed by atoms with E-state index >= 15 is 0 Å². The molecule has 1 aromatic carbocycles. The van der Waals surface area contributed by atoms with Gasteiger partial charge in [0, 0.05) is 37.9 Å². The van der Waals surface area contributed by atoms with Gasteiger partial charge in [-0.15, -0.1) is 0 Å². The van der Waals surface area contributed by atoms with E-state index in [1.165, 1.54) is 0 Å². The van der Waals surface area contributed by atoms with Crippen molar-refractivity contribution in [2.45, 2.75) is 0 Å². The number of hydrogen-bond acceptors (Lipinski definition) is 5. The number of amides is 2. The minimum absolute atomic E-state index is 0.110. The third-order valence-corrected chi connectivity index (χ3v) is 4.20. The highest BCUT2D eigenvalue weighted by Gasteiger charge is 2.21. The first-order valence-corrected chi connectivity index (χ1v) is 8.14. The fourth-order valence-electron chi connectivity index (χ4n) is 2.74. The first-order chi connectivity index (χ1) is 12.2. The minimum Gasteiger partial charge on any atom is -0.497 e. The molecule has 2 aromatic rings. The van der Waals surface area contributed by atoms with Crippen molar-refractivity contribution in [2.75, 3.05) is 50.6 Å². The van der Waals surface area contributed by atoms with Crippen molar-refractivity contribution >= 4 is 17.4 Å². The average molecular weight is 342 g/mol. The maximum Gasteiger partial charge on any atom is 0.322 e. The van der Waals surface area contributed by atoms with Crippen molar-refractivity contribution in [3.8, 4) is 11.6 Å². The zero-order valence-corrected chi connectivity index (χ0v) is 14.4. The fraction of sp³-hybridized carbons (Fsp3) is 0.333. The van der Waals surface area contributed by atoms with Gasteiger partial charge in [0.05, 0.1) is 26.1 Å². The van der Waals surface area contributed by atoms with E-state index in [2.05, 4.69) is 15.2 Å². The van der Waals surface area contributed by atoms with E-state index in [9.17, 15) is 4.79 Å². The van der Waals surface area contributed by atoms with Crippen LogP contribution >= 0.6 is 0 Å². The summed E-state index contributed by atoms with van der Waals surface area (Å²) in [5, 5.41) is 2.87. The van der Waals surface area contributed by atoms with Gasteiger partial charge in [-0.25, -0.2) is 9.78 Å². The van der Waals surface area contributed by atoms with Gasteiger partial charge in [0.15, 0.2) is 0 Å². The molecule has 1 aliphatic heterocycles. The zero-order chi connectivity index (χ0) is 17.6. The van der Waals surface area contributed by atoms with Gasteiger partial charge >= 0.3 is 6.03 Å². The van der Waals surface area contributed by atoms with Crippen LogP contribution in [0.2, 0.25) is 0 Å². The lowest BCUT2D eigenvalue weighted by Crippen LogP contribution is -2.50. The van der Waals surface area contributed by atoms with Crippen LogP contribution < -0.4 is 19.7 Å². The molecule has 7 nitrogen and oxygen atoms in total. The Morgan fingerprint density at radius 3 is 2.28 bits per heavy atom. The van der Waals surface area contributed by atoms with Crippen molar-refractivity contribution in [1.29, 1.82) is 0 Å². The summed E-state index contributed by atoms with van der Waals surface area (Å²) >= 11 is 0. The van der Waals surface area contributed by atoms with Crippen LogP contribution in [0.1, 0.15) is 0 Å². The Labute approximate surface area is 147 Å². The highest BCUT2D eigenvalue weighted by Crippen LogP contribution is 2.21. The summed E-state index contributed by atoms with van der Waals surface area (Å²) in [6.45, 7) is 2.92. The molecule has 0 radical (unpaired) electrons. The molecule has 2 heterocycles. The number of methoxy groups -OCH3 is 2. The lowest BCUT2D eigenvalue weighted by Gasteiger charge is -2.36. The first-order valence-electron chi connectivity index (χ1n) is 8.14. The van der Waals surface area contributed by atoms with Crippen LogP contribution in [0.3, 0.4) is 0 Å². The van der Waals surface area contributed by atoms with Crippen LogP contribution in [-0.4, -0.2) is 56.3 Å². The maximum atomic E-state index is 12.4. The topological polar surface area (TPSA) is 66.9 Å². The monoisotopic (exact) mass is 342 g/mol. The molecule has 0 unspecified atom stereocenters. The maximum absolute atomic E-state index is 12.4. The molecule has 0 aliphatic carbocycles. The van der Waals surface area contributed by atoms with E-state index in [0.29, 0.717) is 24.7 Å². The van der Waals surface area contributed by atoms with Gasteiger partial charge in [0.1, 0.15) is 5.75 Å². The van der Waals surface area contributed by atoms with E-state index in [-0.39, 0.29) is 6.03 Å². The van der Waals surface area contributed by atoms with Gasteiger partial charge in [0.2, 0.25) is 5.88 Å². The standard InChI is InChI=1S/C18H22N4O3/c1-24-16-6-4-15(5-7-16)21-9-11-22(12-10-21)18(23)20-14-3-8-17(25-2)19-13-14/h3-8,13H,9-12H2,1-2H3,(H,20,23). The number of carbonyl (C=O) groups is 1. The van der Waals surface area contributed by atoms with Crippen LogP contribution in [0, 0.1) is 0 Å². The highest BCUT2D eigenvalue weighted by molar-refractivity contribution is 5.89. The molecule has 1 fully saturated rings. The minimum atomic E-state index is -0.110. The second kappa shape index (κ2) is 7.74. The van der Waals surface area contributed by atoms with Crippen LogP contribution in [0.5, 0.6) is 11.6 Å². The summed E-state index contributed by atoms with van der Waals surface area (Å²) in [6.07, 6.45) is 1.59. The number of anilines is 2. The highest BCUT2D eigenvalue weighted by atomic mass is 16.5. The van der Waals surface area contributed by atoms with E-state index in [1.807, 2.05) is 29.2 Å². The molecule has 1 aromatic heterocycles. The normalized spacial score (nSPS) is 14.2. The lowest BCUT2D eigenvalue weighted by atomic mass is 10.2. The number of rotatable bonds is 4. The Bertz CT molecular complexity index is 695. The average Bonchev–Trinajstić information content (AvgIpc) is 2.69. The smallest absolute Gasteiger partial charge is 0.322 e. The van der Waals surface area contributed by atoms with Crippen molar-refractivity contribution in [3.05, 3.63) is 42.6 Å². The molecule has 132 valence electrons. The van der Waals surface area contributed by atoms with E-state index in [0.717, 1.165) is 24.5 Å². The summed E-state index contributed by atoms with van der Waals surface area (Å²) in [6, 6.07) is 11.4. The van der Waals surface area contributed by atoms with Crippen LogP contribution in [0.25, 0.3) is 0 Å². The van der Waals surface area contributed by atoms with Gasteiger partial charge < -0.3 is 24.6 Å². The molecule has 2 amide bonds. The van der Waals surface area contributed by atoms with Crippen LogP contribution in [-0.2, 0) is 0 Å². The quantitative estimate of drug-likeness (QED) is 0.924. The lowest BCUT2D eigenvalue weighted by molar-refractivity contribution is 0.208. The second-order valence-electron chi connectivity index (χ2n) is 5.69. The Morgan fingerprint density at radius 2 is 1.72 bits per heavy atom. The SMILES string of the molecule is COc1ccc(N2CCN(C(=O)Nc3ccc(OC)nc3)CC2)cc1. The van der Waals surface area contributed by atoms with Crippen LogP contribution in [0.15, 0.2) is 42.6 Å². The molecule has 0 bridgehead atoms. The molecular weight excluding hydrogens is 320 g/mol. The third-order valence-electron chi connectivity index (χ3n) is 4.20. The van der Waals surface area contributed by atoms with Crippen molar-refractivity contribution < 1.29 is 14.3 Å². The predicted octanol–water partition coefficient (Wildman–Crippen LogP) is 2.45. The fourth-order valence-corrected chi connectivity index (χ4v) is 2.74. The Hall–Kier alpha value is -2.96. The molecule has 0 atom stereocenters. The number of hydrogen-bond donors (Lipinski definition) is 1. The summed E-state index contributed by atoms with van der Waals surface area (Å²) in [5.41, 5.74) is 1.79. The molecule has 1 aliphatic rings. The third kappa shape index (κ3) is 4.12. The number of ether oxygens (including phenoxy) is 2. The zero-order valence-electron chi connectivity index (χ0n) is 14.4. The second-order valence-corrected chi connectivity index (χ2v) is 5.69. The summed E-state index contributed by atoms with van der Waals surface area (Å²) in [4.78, 5) is 20.5. The molecule has 25 heavy (non-hydrogen) atoms. The van der Waals surface area contributed by atoms with Gasteiger partial charge in [-0.05, 0) is 30.3 Å². The number of pyridine rings is 1. The summed E-state index contributed by atoms with van der Waals surface area (Å²) < 4.78 is 10.2. The number of nitrogens with one attached hydrogen (secondary N) is 1. The van der Waals surface area contributed by atoms with Crippen molar-refractivity contribution in [2.24, 2.45) is 0 Å². The molecule has 1 saturated heterocycles. The molecular formula is C18H22N4O3. The van der Waals surface area contributed by atoms with Gasteiger partial charge in [-0.2, -0.15) is 0 Å². The number of benzene rings is 1. The first kappa shape index (κ1) is 16.9. The molecule has 3 rings (SSSR count). The molecule has 7 heteroatoms. The largest absolute Gasteiger partial charge is 0.497 e. The van der Waals surface area contributed by atoms with E-state index < -0.39 is 0 Å². The Morgan fingerprint density at radius 1 is 1.00 bits per heavy atom. The summed E-state index contributed by atoms with van der Waals surface area (Å²) in [7, 11) is 3.22. The van der Waals surface area contributed by atoms with Crippen molar-refractivity contribution in [3.63, 3.8) is 0 Å². The summed E-state index contributed by atoms with van der Waals surface area (Å²) in [5.74, 6) is 1.36. The van der Waals surface area contributed by atoms with Gasteiger partial charge in [-0.1, -0.05) is 0 Å². The predicted molar refractivity (Wildman–Crippen MR) is 96.6 cm³/mol. The number of nitrogens with zero attached hydrogens (tertiary/aromatic N) is 3. The van der Waals surface area contributed by atoms with E-state index in [4.69, 9.17) is 9.47 Å². The molecule has 0 spiro atoms. The van der Waals surface area contributed by atoms with Crippen LogP contribution in [0.4, 0.5) is 16.2 Å².